The Bertz CT molecular complexity index is 546. The van der Waals surface area contributed by atoms with E-state index in [0.717, 1.165) is 16.9 Å². The Balaban J connectivity index is 2.09. The summed E-state index contributed by atoms with van der Waals surface area (Å²) in [5.74, 6) is 0.919. The fourth-order valence-corrected chi connectivity index (χ4v) is 1.82. The summed E-state index contributed by atoms with van der Waals surface area (Å²) in [7, 11) is 0. The number of nitrogens with two attached hydrogens (primary N) is 1. The van der Waals surface area contributed by atoms with Crippen molar-refractivity contribution in [3.63, 3.8) is 0 Å². The second kappa shape index (κ2) is 6.76. The molecule has 0 bridgehead atoms. The molecule has 0 aliphatic rings. The maximum atomic E-state index is 5.88. The lowest BCUT2D eigenvalue weighted by atomic mass is 10.1. The molecule has 0 heterocycles. The normalized spacial score (nSPS) is 10.8. The van der Waals surface area contributed by atoms with Crippen LogP contribution in [0.2, 0.25) is 0 Å². The third-order valence-corrected chi connectivity index (χ3v) is 2.90. The first-order valence-corrected chi connectivity index (χ1v) is 6.43. The van der Waals surface area contributed by atoms with Gasteiger partial charge in [0.15, 0.2) is 0 Å². The van der Waals surface area contributed by atoms with Crippen LogP contribution < -0.4 is 10.5 Å². The maximum Gasteiger partial charge on any atom is 0.123 e. The maximum absolute atomic E-state index is 5.88. The summed E-state index contributed by atoms with van der Waals surface area (Å²) in [6, 6.07) is 16.4. The standard InChI is InChI=1S/C17H19NO/c1-14-9-10-15(8-5-11-18)12-17(14)19-13-16-6-3-2-4-7-16/h2-10,12H,11,13,18H2,1H3/b8-5+. The van der Waals surface area contributed by atoms with E-state index in [0.29, 0.717) is 13.2 Å². The molecule has 0 aliphatic heterocycles. The molecule has 0 aliphatic carbocycles. The highest BCUT2D eigenvalue weighted by atomic mass is 16.5. The monoisotopic (exact) mass is 253 g/mol. The summed E-state index contributed by atoms with van der Waals surface area (Å²) in [6.45, 7) is 3.19. The first kappa shape index (κ1) is 13.4. The number of rotatable bonds is 5. The van der Waals surface area contributed by atoms with E-state index in [-0.39, 0.29) is 0 Å². The Hall–Kier alpha value is -2.06. The molecule has 0 saturated carbocycles. The van der Waals surface area contributed by atoms with Gasteiger partial charge in [-0.05, 0) is 29.7 Å². The van der Waals surface area contributed by atoms with Crippen LogP contribution in [0.5, 0.6) is 5.75 Å². The van der Waals surface area contributed by atoms with Gasteiger partial charge in [0.25, 0.3) is 0 Å². The van der Waals surface area contributed by atoms with Crippen LogP contribution in [0.1, 0.15) is 16.7 Å². The zero-order valence-electron chi connectivity index (χ0n) is 11.2. The summed E-state index contributed by atoms with van der Waals surface area (Å²) >= 11 is 0. The molecule has 0 radical (unpaired) electrons. The minimum absolute atomic E-state index is 0.550. The van der Waals surface area contributed by atoms with Crippen LogP contribution >= 0.6 is 0 Å². The van der Waals surface area contributed by atoms with Crippen LogP contribution in [0.3, 0.4) is 0 Å². The highest BCUT2D eigenvalue weighted by molar-refractivity contribution is 5.53. The topological polar surface area (TPSA) is 35.2 Å². The summed E-state index contributed by atoms with van der Waals surface area (Å²) in [5, 5.41) is 0. The van der Waals surface area contributed by atoms with Crippen LogP contribution in [-0.4, -0.2) is 6.54 Å². The van der Waals surface area contributed by atoms with E-state index in [4.69, 9.17) is 10.5 Å². The van der Waals surface area contributed by atoms with Crippen LogP contribution in [-0.2, 0) is 6.61 Å². The van der Waals surface area contributed by atoms with Gasteiger partial charge in [-0.3, -0.25) is 0 Å². The molecule has 2 N–H and O–H groups in total. The quantitative estimate of drug-likeness (QED) is 0.884. The van der Waals surface area contributed by atoms with Gasteiger partial charge in [0.1, 0.15) is 12.4 Å². The Kier molecular flexibility index (Phi) is 4.76. The van der Waals surface area contributed by atoms with Gasteiger partial charge in [-0.2, -0.15) is 0 Å². The Morgan fingerprint density at radius 2 is 1.89 bits per heavy atom. The molecular weight excluding hydrogens is 234 g/mol. The van der Waals surface area contributed by atoms with E-state index in [1.165, 1.54) is 5.56 Å². The van der Waals surface area contributed by atoms with Crippen LogP contribution in [0.4, 0.5) is 0 Å². The summed E-state index contributed by atoms with van der Waals surface area (Å²) in [6.07, 6.45) is 3.94. The van der Waals surface area contributed by atoms with E-state index in [9.17, 15) is 0 Å². The van der Waals surface area contributed by atoms with Gasteiger partial charge in [0.05, 0.1) is 0 Å². The van der Waals surface area contributed by atoms with E-state index in [2.05, 4.69) is 31.2 Å². The number of aryl methyl sites for hydroxylation is 1. The molecular formula is C17H19NO. The van der Waals surface area contributed by atoms with Crippen molar-refractivity contribution in [2.24, 2.45) is 5.73 Å². The van der Waals surface area contributed by atoms with Crippen molar-refractivity contribution in [2.75, 3.05) is 6.54 Å². The average molecular weight is 253 g/mol. The second-order valence-electron chi connectivity index (χ2n) is 4.44. The van der Waals surface area contributed by atoms with Gasteiger partial charge in [-0.1, -0.05) is 54.6 Å². The minimum atomic E-state index is 0.550. The molecule has 98 valence electrons. The molecule has 2 nitrogen and oxygen atoms in total. The van der Waals surface area contributed by atoms with Gasteiger partial charge in [0.2, 0.25) is 0 Å². The Labute approximate surface area is 114 Å². The third-order valence-electron chi connectivity index (χ3n) is 2.90. The van der Waals surface area contributed by atoms with Crippen molar-refractivity contribution < 1.29 is 4.74 Å². The molecule has 2 aromatic rings. The third kappa shape index (κ3) is 3.97. The van der Waals surface area contributed by atoms with Crippen molar-refractivity contribution in [3.8, 4) is 5.75 Å². The largest absolute Gasteiger partial charge is 0.489 e. The molecule has 2 heteroatoms. The number of hydrogen-bond acceptors (Lipinski definition) is 2. The Morgan fingerprint density at radius 3 is 2.63 bits per heavy atom. The first-order chi connectivity index (χ1) is 9.29. The fourth-order valence-electron chi connectivity index (χ4n) is 1.82. The molecule has 19 heavy (non-hydrogen) atoms. The summed E-state index contributed by atoms with van der Waals surface area (Å²) in [4.78, 5) is 0. The molecule has 0 saturated heterocycles. The summed E-state index contributed by atoms with van der Waals surface area (Å²) < 4.78 is 5.88. The molecule has 0 atom stereocenters. The van der Waals surface area contributed by atoms with Gasteiger partial charge in [0, 0.05) is 6.54 Å². The van der Waals surface area contributed by atoms with Crippen molar-refractivity contribution in [1.82, 2.24) is 0 Å². The van der Waals surface area contributed by atoms with Crippen LogP contribution in [0.15, 0.2) is 54.6 Å². The molecule has 0 fully saturated rings. The van der Waals surface area contributed by atoms with Gasteiger partial charge < -0.3 is 10.5 Å². The zero-order valence-corrected chi connectivity index (χ0v) is 11.2. The highest BCUT2D eigenvalue weighted by Crippen LogP contribution is 2.21. The van der Waals surface area contributed by atoms with Crippen LogP contribution in [0.25, 0.3) is 6.08 Å². The zero-order chi connectivity index (χ0) is 13.5. The molecule has 2 rings (SSSR count). The van der Waals surface area contributed by atoms with Crippen molar-refractivity contribution in [1.29, 1.82) is 0 Å². The first-order valence-electron chi connectivity index (χ1n) is 6.43. The number of hydrogen-bond donors (Lipinski definition) is 1. The lowest BCUT2D eigenvalue weighted by Gasteiger charge is -2.10. The molecule has 0 unspecified atom stereocenters. The molecule has 2 aromatic carbocycles. The van der Waals surface area contributed by atoms with E-state index >= 15 is 0 Å². The van der Waals surface area contributed by atoms with Crippen LogP contribution in [0, 0.1) is 6.92 Å². The van der Waals surface area contributed by atoms with E-state index in [1.807, 2.05) is 36.4 Å². The van der Waals surface area contributed by atoms with Gasteiger partial charge in [-0.15, -0.1) is 0 Å². The lowest BCUT2D eigenvalue weighted by Crippen LogP contribution is -1.97. The SMILES string of the molecule is Cc1ccc(/C=C/CN)cc1OCc1ccccc1. The van der Waals surface area contributed by atoms with Crippen molar-refractivity contribution in [3.05, 3.63) is 71.3 Å². The van der Waals surface area contributed by atoms with Gasteiger partial charge in [-0.25, -0.2) is 0 Å². The predicted octanol–water partition coefficient (Wildman–Crippen LogP) is 3.55. The van der Waals surface area contributed by atoms with Crippen molar-refractivity contribution >= 4 is 6.08 Å². The molecule has 0 aromatic heterocycles. The van der Waals surface area contributed by atoms with Gasteiger partial charge >= 0.3 is 0 Å². The highest BCUT2D eigenvalue weighted by Gasteiger charge is 2.01. The lowest BCUT2D eigenvalue weighted by molar-refractivity contribution is 0.304. The van der Waals surface area contributed by atoms with E-state index < -0.39 is 0 Å². The Morgan fingerprint density at radius 1 is 1.11 bits per heavy atom. The smallest absolute Gasteiger partial charge is 0.123 e. The van der Waals surface area contributed by atoms with E-state index in [1.54, 1.807) is 0 Å². The number of ether oxygens (including phenoxy) is 1. The molecule has 0 amide bonds. The average Bonchev–Trinajstić information content (AvgIpc) is 2.46. The fraction of sp³-hybridized carbons (Fsp3) is 0.176. The molecule has 0 spiro atoms. The minimum Gasteiger partial charge on any atom is -0.489 e. The number of benzene rings is 2. The van der Waals surface area contributed by atoms with Crippen molar-refractivity contribution in [2.45, 2.75) is 13.5 Å². The summed E-state index contributed by atoms with van der Waals surface area (Å²) in [5.41, 5.74) is 8.88. The predicted molar refractivity (Wildman–Crippen MR) is 80.0 cm³/mol. The second-order valence-corrected chi connectivity index (χ2v) is 4.44.